The van der Waals surface area contributed by atoms with Gasteiger partial charge in [0, 0.05) is 30.8 Å². The quantitative estimate of drug-likeness (QED) is 0.604. The van der Waals surface area contributed by atoms with Crippen LogP contribution in [0.1, 0.15) is 29.3 Å². The Hall–Kier alpha value is -2.31. The summed E-state index contributed by atoms with van der Waals surface area (Å²) in [5.41, 5.74) is -2.88. The molecule has 0 spiro atoms. The molecule has 30 heavy (non-hydrogen) atoms. The van der Waals surface area contributed by atoms with Crippen molar-refractivity contribution in [2.75, 3.05) is 12.6 Å². The van der Waals surface area contributed by atoms with Gasteiger partial charge in [-0.2, -0.15) is 26.3 Å². The van der Waals surface area contributed by atoms with E-state index in [0.29, 0.717) is 12.3 Å². The molecule has 0 aliphatic carbocycles. The third-order valence-corrected chi connectivity index (χ3v) is 5.40. The average Bonchev–Trinajstić information content (AvgIpc) is 2.63. The number of ether oxygens (including phenoxy) is 1. The van der Waals surface area contributed by atoms with E-state index >= 15 is 0 Å². The van der Waals surface area contributed by atoms with Crippen LogP contribution in [0.2, 0.25) is 0 Å². The van der Waals surface area contributed by atoms with E-state index < -0.39 is 48.1 Å². The lowest BCUT2D eigenvalue weighted by molar-refractivity contribution is -0.144. The molecule has 0 fully saturated rings. The van der Waals surface area contributed by atoms with Gasteiger partial charge in [0.15, 0.2) is 22.7 Å². The summed E-state index contributed by atoms with van der Waals surface area (Å²) in [6.45, 7) is -1.42. The molecule has 3 rings (SSSR count). The molecule has 0 bridgehead atoms. The summed E-state index contributed by atoms with van der Waals surface area (Å²) in [7, 11) is 1.23. The molecule has 0 N–H and O–H groups in total. The maximum Gasteiger partial charge on any atom is 0.436 e. The Kier molecular flexibility index (Phi) is 6.03. The minimum Gasteiger partial charge on any atom is -0.459 e. The number of hydrogen-bond acceptors (Lipinski definition) is 4. The molecule has 1 atom stereocenters. The lowest BCUT2D eigenvalue weighted by atomic mass is 10.1. The van der Waals surface area contributed by atoms with Gasteiger partial charge in [-0.25, -0.2) is 13.8 Å². The number of pyridine rings is 2. The Balaban J connectivity index is 2.15. The zero-order valence-electron chi connectivity index (χ0n) is 15.1. The SMILES string of the molecule is Cn1cc(C(F)(F)F)cc(OCF)/c1=N/C1CCSc2c1cnc(C(F)(F)F)c2F. The van der Waals surface area contributed by atoms with Crippen LogP contribution in [0.25, 0.3) is 0 Å². The predicted molar refractivity (Wildman–Crippen MR) is 89.9 cm³/mol. The van der Waals surface area contributed by atoms with Crippen molar-refractivity contribution in [2.45, 2.75) is 29.7 Å². The number of nitrogens with zero attached hydrogens (tertiary/aromatic N) is 3. The van der Waals surface area contributed by atoms with Crippen molar-refractivity contribution in [1.29, 1.82) is 0 Å². The molecule has 1 unspecified atom stereocenters. The van der Waals surface area contributed by atoms with E-state index in [4.69, 9.17) is 0 Å². The van der Waals surface area contributed by atoms with E-state index in [0.717, 1.165) is 22.5 Å². The van der Waals surface area contributed by atoms with Crippen LogP contribution in [0, 0.1) is 5.82 Å². The van der Waals surface area contributed by atoms with Gasteiger partial charge >= 0.3 is 12.4 Å². The van der Waals surface area contributed by atoms with Crippen molar-refractivity contribution in [3.05, 3.63) is 46.6 Å². The molecule has 2 aromatic heterocycles. The first-order valence-corrected chi connectivity index (χ1v) is 9.31. The highest BCUT2D eigenvalue weighted by Gasteiger charge is 2.39. The van der Waals surface area contributed by atoms with Crippen LogP contribution >= 0.6 is 11.8 Å². The van der Waals surface area contributed by atoms with Crippen molar-refractivity contribution in [2.24, 2.45) is 12.0 Å². The summed E-state index contributed by atoms with van der Waals surface area (Å²) in [5.74, 6) is -1.82. The average molecular weight is 459 g/mol. The molecule has 0 saturated heterocycles. The van der Waals surface area contributed by atoms with Crippen LogP contribution in [-0.2, 0) is 19.4 Å². The molecule has 0 saturated carbocycles. The Bertz CT molecular complexity index is 1020. The Morgan fingerprint density at radius 1 is 1.23 bits per heavy atom. The van der Waals surface area contributed by atoms with Crippen molar-refractivity contribution >= 4 is 11.8 Å². The van der Waals surface area contributed by atoms with E-state index in [9.17, 15) is 35.1 Å². The van der Waals surface area contributed by atoms with Crippen LogP contribution in [0.4, 0.5) is 35.1 Å². The molecule has 2 aromatic rings. The second kappa shape index (κ2) is 8.08. The van der Waals surface area contributed by atoms with Gasteiger partial charge in [-0.3, -0.25) is 4.99 Å². The van der Waals surface area contributed by atoms with Crippen molar-refractivity contribution in [3.8, 4) is 5.75 Å². The number of halogens is 8. The van der Waals surface area contributed by atoms with E-state index in [1.54, 1.807) is 0 Å². The van der Waals surface area contributed by atoms with Crippen LogP contribution in [0.15, 0.2) is 28.3 Å². The normalized spacial score (nSPS) is 17.8. The predicted octanol–water partition coefficient (Wildman–Crippen LogP) is 5.04. The maximum atomic E-state index is 14.4. The van der Waals surface area contributed by atoms with E-state index in [-0.39, 0.29) is 28.1 Å². The van der Waals surface area contributed by atoms with Crippen LogP contribution in [-0.4, -0.2) is 22.2 Å². The lowest BCUT2D eigenvalue weighted by Gasteiger charge is -2.23. The van der Waals surface area contributed by atoms with Crippen LogP contribution < -0.4 is 10.2 Å². The summed E-state index contributed by atoms with van der Waals surface area (Å²) >= 11 is 0.863. The standard InChI is InChI=1S/C17H13F8N3OS/c1-28-6-8(16(20,21)22)4-11(29-7-18)15(28)27-10-2-3-30-13-9(10)5-26-14(12(13)19)17(23,24)25/h4-6,10H,2-3,7H2,1H3/b27-15-. The summed E-state index contributed by atoms with van der Waals surface area (Å²) in [6.07, 6.45) is -7.89. The Morgan fingerprint density at radius 2 is 1.93 bits per heavy atom. The second-order valence-corrected chi connectivity index (χ2v) is 7.37. The number of fused-ring (bicyclic) bond motifs is 1. The number of alkyl halides is 7. The third kappa shape index (κ3) is 4.40. The molecule has 0 aromatic carbocycles. The minimum absolute atomic E-state index is 0.0582. The van der Waals surface area contributed by atoms with Gasteiger partial charge in [-0.15, -0.1) is 11.8 Å². The summed E-state index contributed by atoms with van der Waals surface area (Å²) in [6, 6.07) is -0.335. The summed E-state index contributed by atoms with van der Waals surface area (Å²) in [4.78, 5) is 7.12. The maximum absolute atomic E-state index is 14.4. The number of hydrogen-bond donors (Lipinski definition) is 0. The van der Waals surface area contributed by atoms with Crippen molar-refractivity contribution in [1.82, 2.24) is 9.55 Å². The molecular weight excluding hydrogens is 446 g/mol. The van der Waals surface area contributed by atoms with E-state index in [1.807, 2.05) is 0 Å². The highest BCUT2D eigenvalue weighted by molar-refractivity contribution is 7.99. The fourth-order valence-electron chi connectivity index (χ4n) is 2.94. The van der Waals surface area contributed by atoms with Gasteiger partial charge in [0.1, 0.15) is 0 Å². The number of aromatic nitrogens is 2. The van der Waals surface area contributed by atoms with Crippen molar-refractivity contribution in [3.63, 3.8) is 0 Å². The first-order chi connectivity index (χ1) is 13.9. The third-order valence-electron chi connectivity index (χ3n) is 4.26. The summed E-state index contributed by atoms with van der Waals surface area (Å²) in [5, 5.41) is 0. The smallest absolute Gasteiger partial charge is 0.436 e. The largest absolute Gasteiger partial charge is 0.459 e. The fraction of sp³-hybridized carbons (Fsp3) is 0.412. The number of aryl methyl sites for hydroxylation is 1. The van der Waals surface area contributed by atoms with Gasteiger partial charge < -0.3 is 9.30 Å². The first kappa shape index (κ1) is 22.4. The summed E-state index contributed by atoms with van der Waals surface area (Å²) < 4.78 is 110. The Labute approximate surface area is 168 Å². The molecular formula is C17H13F8N3OS. The minimum atomic E-state index is -4.98. The molecule has 0 radical (unpaired) electrons. The fourth-order valence-corrected chi connectivity index (χ4v) is 4.06. The monoisotopic (exact) mass is 459 g/mol. The number of rotatable bonds is 3. The van der Waals surface area contributed by atoms with Crippen LogP contribution in [0.3, 0.4) is 0 Å². The molecule has 3 heterocycles. The molecule has 4 nitrogen and oxygen atoms in total. The zero-order valence-corrected chi connectivity index (χ0v) is 15.9. The highest BCUT2D eigenvalue weighted by Crippen LogP contribution is 2.42. The number of thioether (sulfide) groups is 1. The van der Waals surface area contributed by atoms with Gasteiger partial charge in [-0.1, -0.05) is 0 Å². The second-order valence-electron chi connectivity index (χ2n) is 6.26. The Morgan fingerprint density at radius 3 is 2.53 bits per heavy atom. The van der Waals surface area contributed by atoms with E-state index in [1.165, 1.54) is 7.05 Å². The molecule has 164 valence electrons. The van der Waals surface area contributed by atoms with Gasteiger partial charge in [0.2, 0.25) is 6.86 Å². The first-order valence-electron chi connectivity index (χ1n) is 8.32. The molecule has 13 heteroatoms. The zero-order chi connectivity index (χ0) is 22.3. The van der Waals surface area contributed by atoms with Gasteiger partial charge in [-0.05, 0) is 12.5 Å². The van der Waals surface area contributed by atoms with Gasteiger partial charge in [0.05, 0.1) is 16.5 Å². The lowest BCUT2D eigenvalue weighted by Crippen LogP contribution is -2.25. The highest BCUT2D eigenvalue weighted by atomic mass is 32.2. The molecule has 1 aliphatic rings. The van der Waals surface area contributed by atoms with Crippen molar-refractivity contribution < 1.29 is 39.9 Å². The molecule has 1 aliphatic heterocycles. The van der Waals surface area contributed by atoms with Crippen LogP contribution in [0.5, 0.6) is 5.75 Å². The van der Waals surface area contributed by atoms with E-state index in [2.05, 4.69) is 14.7 Å². The molecule has 0 amide bonds. The topological polar surface area (TPSA) is 39.4 Å². The van der Waals surface area contributed by atoms with Gasteiger partial charge in [0.25, 0.3) is 0 Å².